The van der Waals surface area contributed by atoms with Gasteiger partial charge in [-0.05, 0) is 49.2 Å². The molecular weight excluding hydrogens is 390 g/mol. The van der Waals surface area contributed by atoms with Crippen LogP contribution in [0.25, 0.3) is 5.69 Å². The van der Waals surface area contributed by atoms with E-state index in [4.69, 9.17) is 11.6 Å². The van der Waals surface area contributed by atoms with Gasteiger partial charge >= 0.3 is 0 Å². The second-order valence-corrected chi connectivity index (χ2v) is 7.84. The van der Waals surface area contributed by atoms with E-state index in [0.717, 1.165) is 48.7 Å². The number of aliphatic hydroxyl groups is 1. The largest absolute Gasteiger partial charge is 0.393 e. The van der Waals surface area contributed by atoms with Crippen LogP contribution >= 0.6 is 11.6 Å². The summed E-state index contributed by atoms with van der Waals surface area (Å²) in [5.41, 5.74) is 2.97. The van der Waals surface area contributed by atoms with Crippen molar-refractivity contribution in [2.24, 2.45) is 0 Å². The van der Waals surface area contributed by atoms with E-state index in [1.54, 1.807) is 27.9 Å². The number of carbonyl (C=O) groups excluding carboxylic acids is 1. The lowest BCUT2D eigenvalue weighted by atomic mass is 10.1. The Bertz CT molecular complexity index is 1040. The Hall–Kier alpha value is -2.90. The molecule has 8 heteroatoms. The van der Waals surface area contributed by atoms with Crippen LogP contribution in [0.4, 0.5) is 11.5 Å². The summed E-state index contributed by atoms with van der Waals surface area (Å²) in [5.74, 6) is 0.751. The molecular formula is C21H20ClN5O2. The minimum Gasteiger partial charge on any atom is -0.393 e. The summed E-state index contributed by atoms with van der Waals surface area (Å²) in [6.07, 6.45) is 4.92. The van der Waals surface area contributed by atoms with Crippen LogP contribution in [-0.2, 0) is 6.54 Å². The van der Waals surface area contributed by atoms with Gasteiger partial charge in [0.05, 0.1) is 30.2 Å². The molecule has 0 atom stereocenters. The number of aliphatic hydroxyl groups excluding tert-OH is 1. The summed E-state index contributed by atoms with van der Waals surface area (Å²) in [5, 5.41) is 14.8. The monoisotopic (exact) mass is 409 g/mol. The van der Waals surface area contributed by atoms with E-state index < -0.39 is 0 Å². The molecule has 1 amide bonds. The normalized spacial score (nSPS) is 17.1. The zero-order valence-electron chi connectivity index (χ0n) is 15.7. The highest BCUT2D eigenvalue weighted by Gasteiger charge is 2.32. The number of amides is 1. The molecule has 4 heterocycles. The maximum absolute atomic E-state index is 12.9. The van der Waals surface area contributed by atoms with Gasteiger partial charge in [0.1, 0.15) is 5.82 Å². The third-order valence-corrected chi connectivity index (χ3v) is 5.74. The van der Waals surface area contributed by atoms with Gasteiger partial charge in [0.15, 0.2) is 5.69 Å². The van der Waals surface area contributed by atoms with Crippen LogP contribution in [0.15, 0.2) is 48.8 Å². The van der Waals surface area contributed by atoms with E-state index in [2.05, 4.69) is 15.0 Å². The van der Waals surface area contributed by atoms with Crippen molar-refractivity contribution in [3.63, 3.8) is 0 Å². The lowest BCUT2D eigenvalue weighted by Crippen LogP contribution is -2.36. The van der Waals surface area contributed by atoms with E-state index in [9.17, 15) is 9.90 Å². The number of nitrogens with zero attached hydrogens (tertiary/aromatic N) is 5. The fraction of sp³-hybridized carbons (Fsp3) is 0.286. The number of piperidine rings is 1. The van der Waals surface area contributed by atoms with Gasteiger partial charge < -0.3 is 14.9 Å². The Labute approximate surface area is 173 Å². The number of carbonyl (C=O) groups is 1. The Morgan fingerprint density at radius 3 is 2.41 bits per heavy atom. The van der Waals surface area contributed by atoms with Crippen LogP contribution in [0, 0.1) is 0 Å². The molecule has 1 N–H and O–H groups in total. The summed E-state index contributed by atoms with van der Waals surface area (Å²) < 4.78 is 1.71. The van der Waals surface area contributed by atoms with Crippen LogP contribution in [-0.4, -0.2) is 45.0 Å². The SMILES string of the molecule is O=C1c2nn(-c3ccc(Cl)cc3)cc2CN1c1ccc(N2CCC(O)CC2)nc1. The first kappa shape index (κ1) is 18.1. The van der Waals surface area contributed by atoms with Crippen molar-refractivity contribution in [2.45, 2.75) is 25.5 Å². The lowest BCUT2D eigenvalue weighted by molar-refractivity contribution is 0.0991. The molecule has 148 valence electrons. The van der Waals surface area contributed by atoms with Crippen molar-refractivity contribution in [1.29, 1.82) is 0 Å². The second-order valence-electron chi connectivity index (χ2n) is 7.41. The van der Waals surface area contributed by atoms with Crippen molar-refractivity contribution in [1.82, 2.24) is 14.8 Å². The highest BCUT2D eigenvalue weighted by atomic mass is 35.5. The van der Waals surface area contributed by atoms with Gasteiger partial charge in [-0.1, -0.05) is 11.6 Å². The molecule has 29 heavy (non-hydrogen) atoms. The molecule has 0 spiro atoms. The van der Waals surface area contributed by atoms with Crippen LogP contribution in [0.5, 0.6) is 0 Å². The van der Waals surface area contributed by atoms with Gasteiger partial charge in [-0.2, -0.15) is 5.10 Å². The van der Waals surface area contributed by atoms with E-state index in [1.807, 2.05) is 30.5 Å². The highest BCUT2D eigenvalue weighted by molar-refractivity contribution is 6.30. The smallest absolute Gasteiger partial charge is 0.279 e. The van der Waals surface area contributed by atoms with Crippen LogP contribution in [0.3, 0.4) is 0 Å². The number of aromatic nitrogens is 3. The van der Waals surface area contributed by atoms with Crippen molar-refractivity contribution in [2.75, 3.05) is 22.9 Å². The summed E-state index contributed by atoms with van der Waals surface area (Å²) in [4.78, 5) is 21.3. The van der Waals surface area contributed by atoms with E-state index in [0.29, 0.717) is 17.3 Å². The Kier molecular flexibility index (Phi) is 4.49. The number of fused-ring (bicyclic) bond motifs is 1. The van der Waals surface area contributed by atoms with Gasteiger partial charge in [-0.15, -0.1) is 0 Å². The molecule has 0 saturated carbocycles. The maximum Gasteiger partial charge on any atom is 0.279 e. The van der Waals surface area contributed by atoms with Gasteiger partial charge in [-0.25, -0.2) is 9.67 Å². The third kappa shape index (κ3) is 3.36. The summed E-state index contributed by atoms with van der Waals surface area (Å²) >= 11 is 5.94. The van der Waals surface area contributed by atoms with Gasteiger partial charge in [0.2, 0.25) is 0 Å². The first-order chi connectivity index (χ1) is 14.1. The van der Waals surface area contributed by atoms with Crippen molar-refractivity contribution >= 4 is 29.0 Å². The van der Waals surface area contributed by atoms with Crippen LogP contribution < -0.4 is 9.80 Å². The molecule has 0 unspecified atom stereocenters. The Balaban J connectivity index is 1.32. The predicted octanol–water partition coefficient (Wildman–Crippen LogP) is 3.04. The zero-order valence-corrected chi connectivity index (χ0v) is 16.5. The molecule has 0 aliphatic carbocycles. The number of benzene rings is 1. The quantitative estimate of drug-likeness (QED) is 0.719. The average Bonchev–Trinajstić information content (AvgIpc) is 3.29. The van der Waals surface area contributed by atoms with Gasteiger partial charge in [-0.3, -0.25) is 4.79 Å². The van der Waals surface area contributed by atoms with Gasteiger partial charge in [0, 0.05) is 29.9 Å². The standard InChI is InChI=1S/C21H20ClN5O2/c22-15-1-3-16(4-2-15)27-13-14-12-26(21(29)20(14)24-27)17-5-6-19(23-11-17)25-9-7-18(28)8-10-25/h1-6,11,13,18,28H,7-10,12H2. The molecule has 1 fully saturated rings. The lowest BCUT2D eigenvalue weighted by Gasteiger charge is -2.30. The molecule has 0 radical (unpaired) electrons. The van der Waals surface area contributed by atoms with Crippen molar-refractivity contribution in [3.05, 3.63) is 65.1 Å². The average molecular weight is 410 g/mol. The molecule has 1 aromatic carbocycles. The molecule has 0 bridgehead atoms. The van der Waals surface area contributed by atoms with E-state index in [1.165, 1.54) is 0 Å². The summed E-state index contributed by atoms with van der Waals surface area (Å²) in [6, 6.07) is 11.2. The summed E-state index contributed by atoms with van der Waals surface area (Å²) in [6.45, 7) is 2.06. The first-order valence-corrected chi connectivity index (χ1v) is 10.0. The molecule has 7 nitrogen and oxygen atoms in total. The number of hydrogen-bond acceptors (Lipinski definition) is 5. The Morgan fingerprint density at radius 1 is 1.03 bits per heavy atom. The Morgan fingerprint density at radius 2 is 1.76 bits per heavy atom. The highest BCUT2D eigenvalue weighted by Crippen LogP contribution is 2.29. The van der Waals surface area contributed by atoms with E-state index >= 15 is 0 Å². The third-order valence-electron chi connectivity index (χ3n) is 5.49. The fourth-order valence-electron chi connectivity index (χ4n) is 3.83. The second kappa shape index (κ2) is 7.17. The van der Waals surface area contributed by atoms with Crippen molar-refractivity contribution in [3.8, 4) is 5.69 Å². The first-order valence-electron chi connectivity index (χ1n) is 9.64. The molecule has 1 saturated heterocycles. The molecule has 2 aliphatic rings. The minimum atomic E-state index is -0.214. The van der Waals surface area contributed by atoms with E-state index in [-0.39, 0.29) is 12.0 Å². The molecule has 2 aromatic heterocycles. The number of rotatable bonds is 3. The van der Waals surface area contributed by atoms with Crippen LogP contribution in [0.2, 0.25) is 5.02 Å². The number of hydrogen-bond donors (Lipinski definition) is 1. The number of halogens is 1. The summed E-state index contributed by atoms with van der Waals surface area (Å²) in [7, 11) is 0. The molecule has 2 aliphatic heterocycles. The fourth-order valence-corrected chi connectivity index (χ4v) is 3.96. The zero-order chi connectivity index (χ0) is 20.0. The van der Waals surface area contributed by atoms with Crippen LogP contribution in [0.1, 0.15) is 28.9 Å². The van der Waals surface area contributed by atoms with Gasteiger partial charge in [0.25, 0.3) is 5.91 Å². The minimum absolute atomic E-state index is 0.122. The number of pyridine rings is 1. The predicted molar refractivity (Wildman–Crippen MR) is 111 cm³/mol. The van der Waals surface area contributed by atoms with Crippen molar-refractivity contribution < 1.29 is 9.90 Å². The molecule has 5 rings (SSSR count). The topological polar surface area (TPSA) is 74.5 Å². The maximum atomic E-state index is 12.9. The molecule has 3 aromatic rings. The number of anilines is 2.